The van der Waals surface area contributed by atoms with Crippen LogP contribution in [0.2, 0.25) is 0 Å². The Morgan fingerprint density at radius 2 is 1.67 bits per heavy atom. The van der Waals surface area contributed by atoms with Crippen LogP contribution in [0.15, 0.2) is 48.5 Å². The van der Waals surface area contributed by atoms with Gasteiger partial charge in [-0.05, 0) is 57.2 Å². The molecule has 6 nitrogen and oxygen atoms in total. The van der Waals surface area contributed by atoms with Crippen molar-refractivity contribution in [3.05, 3.63) is 54.1 Å². The number of methoxy groups -OCH3 is 1. The Morgan fingerprint density at radius 3 is 2.26 bits per heavy atom. The molecule has 2 aromatic carbocycles. The summed E-state index contributed by atoms with van der Waals surface area (Å²) in [6, 6.07) is 14.2. The molecule has 6 heteroatoms. The molecule has 0 aliphatic heterocycles. The van der Waals surface area contributed by atoms with Crippen molar-refractivity contribution in [2.45, 2.75) is 26.9 Å². The molecule has 1 atom stereocenters. The van der Waals surface area contributed by atoms with Gasteiger partial charge in [0, 0.05) is 18.8 Å². The second-order valence-corrected chi connectivity index (χ2v) is 5.96. The Labute approximate surface area is 160 Å². The topological polar surface area (TPSA) is 67.9 Å². The van der Waals surface area contributed by atoms with Gasteiger partial charge in [0.2, 0.25) is 0 Å². The van der Waals surface area contributed by atoms with Crippen LogP contribution in [0.4, 0.5) is 11.4 Å². The van der Waals surface area contributed by atoms with Gasteiger partial charge in [0.25, 0.3) is 5.91 Å². The van der Waals surface area contributed by atoms with E-state index in [0.717, 1.165) is 18.8 Å². The Kier molecular flexibility index (Phi) is 7.23. The van der Waals surface area contributed by atoms with Crippen molar-refractivity contribution in [1.82, 2.24) is 0 Å². The lowest BCUT2D eigenvalue weighted by atomic mass is 10.2. The van der Waals surface area contributed by atoms with Gasteiger partial charge >= 0.3 is 5.97 Å². The first kappa shape index (κ1) is 20.3. The number of benzene rings is 2. The zero-order valence-corrected chi connectivity index (χ0v) is 16.2. The molecule has 0 aliphatic rings. The highest BCUT2D eigenvalue weighted by Crippen LogP contribution is 2.23. The van der Waals surface area contributed by atoms with Crippen molar-refractivity contribution >= 4 is 23.3 Å². The molecule has 27 heavy (non-hydrogen) atoms. The quantitative estimate of drug-likeness (QED) is 0.717. The van der Waals surface area contributed by atoms with Gasteiger partial charge in [-0.1, -0.05) is 12.1 Å². The number of rotatable bonds is 8. The van der Waals surface area contributed by atoms with Gasteiger partial charge in [0.05, 0.1) is 18.4 Å². The van der Waals surface area contributed by atoms with E-state index in [-0.39, 0.29) is 0 Å². The monoisotopic (exact) mass is 370 g/mol. The molecule has 2 aromatic rings. The van der Waals surface area contributed by atoms with Crippen molar-refractivity contribution in [2.24, 2.45) is 0 Å². The molecule has 0 heterocycles. The first-order valence-electron chi connectivity index (χ1n) is 9.00. The number of hydrogen-bond acceptors (Lipinski definition) is 5. The molecule has 1 N–H and O–H groups in total. The molecule has 0 spiro atoms. The fourth-order valence-corrected chi connectivity index (χ4v) is 2.66. The highest BCUT2D eigenvalue weighted by molar-refractivity contribution is 5.98. The van der Waals surface area contributed by atoms with E-state index in [2.05, 4.69) is 24.1 Å². The van der Waals surface area contributed by atoms with E-state index >= 15 is 0 Å². The molecule has 0 saturated carbocycles. The van der Waals surface area contributed by atoms with Gasteiger partial charge in [-0.25, -0.2) is 4.79 Å². The van der Waals surface area contributed by atoms with Crippen molar-refractivity contribution in [3.8, 4) is 5.75 Å². The number of nitrogens with one attached hydrogen (secondary N) is 1. The van der Waals surface area contributed by atoms with Gasteiger partial charge in [0.1, 0.15) is 5.75 Å². The van der Waals surface area contributed by atoms with Crippen LogP contribution in [-0.4, -0.2) is 38.2 Å². The Bertz CT molecular complexity index is 770. The predicted molar refractivity (Wildman–Crippen MR) is 107 cm³/mol. The first-order chi connectivity index (χ1) is 13.0. The van der Waals surface area contributed by atoms with Crippen LogP contribution in [0.3, 0.4) is 0 Å². The summed E-state index contributed by atoms with van der Waals surface area (Å²) in [6.07, 6.45) is -0.940. The number of esters is 1. The molecule has 0 fully saturated rings. The average Bonchev–Trinajstić information content (AvgIpc) is 2.69. The third-order valence-corrected chi connectivity index (χ3v) is 4.25. The number of carbonyl (C=O) groups excluding carboxylic acids is 2. The minimum absolute atomic E-state index is 0.405. The maximum atomic E-state index is 12.3. The van der Waals surface area contributed by atoms with E-state index in [1.807, 2.05) is 12.1 Å². The predicted octanol–water partition coefficient (Wildman–Crippen LogP) is 3.73. The number of amides is 1. The second kappa shape index (κ2) is 9.62. The second-order valence-electron chi connectivity index (χ2n) is 5.96. The summed E-state index contributed by atoms with van der Waals surface area (Å²) in [4.78, 5) is 26.8. The zero-order valence-electron chi connectivity index (χ0n) is 16.2. The summed E-state index contributed by atoms with van der Waals surface area (Å²) >= 11 is 0. The Hall–Kier alpha value is -3.02. The summed E-state index contributed by atoms with van der Waals surface area (Å²) in [5.74, 6) is -0.423. The minimum atomic E-state index is -0.940. The number of hydrogen-bond donors (Lipinski definition) is 1. The number of para-hydroxylation sites is 2. The number of ether oxygens (including phenoxy) is 2. The standard InChI is InChI=1S/C21H26N2O4/c1-5-23(6-2)17-13-11-16(12-14-17)21(25)27-15(3)20(24)22-18-9-7-8-10-19(18)26-4/h7-15H,5-6H2,1-4H3,(H,22,24). The Balaban J connectivity index is 1.99. The minimum Gasteiger partial charge on any atom is -0.495 e. The van der Waals surface area contributed by atoms with Gasteiger partial charge in [0.15, 0.2) is 6.10 Å². The largest absolute Gasteiger partial charge is 0.495 e. The van der Waals surface area contributed by atoms with Crippen LogP contribution in [0.25, 0.3) is 0 Å². The molecular formula is C21H26N2O4. The lowest BCUT2D eigenvalue weighted by Crippen LogP contribution is -2.30. The van der Waals surface area contributed by atoms with Crippen molar-refractivity contribution in [1.29, 1.82) is 0 Å². The maximum Gasteiger partial charge on any atom is 0.338 e. The molecule has 1 unspecified atom stereocenters. The van der Waals surface area contributed by atoms with Crippen molar-refractivity contribution in [2.75, 3.05) is 30.4 Å². The van der Waals surface area contributed by atoms with E-state index in [1.165, 1.54) is 14.0 Å². The smallest absolute Gasteiger partial charge is 0.338 e. The van der Waals surface area contributed by atoms with Gasteiger partial charge in [-0.2, -0.15) is 0 Å². The number of anilines is 2. The summed E-state index contributed by atoms with van der Waals surface area (Å²) in [5, 5.41) is 2.71. The van der Waals surface area contributed by atoms with Gasteiger partial charge in [-0.15, -0.1) is 0 Å². The molecular weight excluding hydrogens is 344 g/mol. The third kappa shape index (κ3) is 5.23. The molecule has 0 aliphatic carbocycles. The van der Waals surface area contributed by atoms with Gasteiger partial charge < -0.3 is 19.7 Å². The van der Waals surface area contributed by atoms with Crippen LogP contribution >= 0.6 is 0 Å². The fraction of sp³-hybridized carbons (Fsp3) is 0.333. The molecule has 0 aromatic heterocycles. The lowest BCUT2D eigenvalue weighted by Gasteiger charge is -2.21. The van der Waals surface area contributed by atoms with Crippen LogP contribution in [0, 0.1) is 0 Å². The van der Waals surface area contributed by atoms with Crippen LogP contribution in [0.1, 0.15) is 31.1 Å². The zero-order chi connectivity index (χ0) is 19.8. The van der Waals surface area contributed by atoms with Crippen LogP contribution < -0.4 is 15.0 Å². The normalized spacial score (nSPS) is 11.4. The molecule has 0 radical (unpaired) electrons. The van der Waals surface area contributed by atoms with E-state index in [9.17, 15) is 9.59 Å². The molecule has 0 saturated heterocycles. The molecule has 1 amide bonds. The molecule has 144 valence electrons. The van der Waals surface area contributed by atoms with Crippen molar-refractivity contribution in [3.63, 3.8) is 0 Å². The van der Waals surface area contributed by atoms with Crippen LogP contribution in [-0.2, 0) is 9.53 Å². The van der Waals surface area contributed by atoms with E-state index in [1.54, 1.807) is 36.4 Å². The lowest BCUT2D eigenvalue weighted by molar-refractivity contribution is -0.123. The van der Waals surface area contributed by atoms with Crippen molar-refractivity contribution < 1.29 is 19.1 Å². The highest BCUT2D eigenvalue weighted by atomic mass is 16.5. The SMILES string of the molecule is CCN(CC)c1ccc(C(=O)OC(C)C(=O)Nc2ccccc2OC)cc1. The summed E-state index contributed by atoms with van der Waals surface area (Å²) < 4.78 is 10.5. The molecule has 0 bridgehead atoms. The molecule has 2 rings (SSSR count). The Morgan fingerprint density at radius 1 is 1.04 bits per heavy atom. The average molecular weight is 370 g/mol. The third-order valence-electron chi connectivity index (χ3n) is 4.25. The first-order valence-corrected chi connectivity index (χ1v) is 9.00. The van der Waals surface area contributed by atoms with E-state index < -0.39 is 18.0 Å². The maximum absolute atomic E-state index is 12.3. The van der Waals surface area contributed by atoms with E-state index in [0.29, 0.717) is 17.0 Å². The number of nitrogens with zero attached hydrogens (tertiary/aromatic N) is 1. The van der Waals surface area contributed by atoms with E-state index in [4.69, 9.17) is 9.47 Å². The summed E-state index contributed by atoms with van der Waals surface area (Å²) in [5.41, 5.74) is 1.97. The van der Waals surface area contributed by atoms with Gasteiger partial charge in [-0.3, -0.25) is 4.79 Å². The summed E-state index contributed by atoms with van der Waals surface area (Å²) in [6.45, 7) is 7.47. The summed E-state index contributed by atoms with van der Waals surface area (Å²) in [7, 11) is 1.52. The number of carbonyl (C=O) groups is 2. The highest BCUT2D eigenvalue weighted by Gasteiger charge is 2.20. The van der Waals surface area contributed by atoms with Crippen LogP contribution in [0.5, 0.6) is 5.75 Å². The fourth-order valence-electron chi connectivity index (χ4n) is 2.66.